The van der Waals surface area contributed by atoms with Crippen molar-refractivity contribution in [3.63, 3.8) is 0 Å². The topological polar surface area (TPSA) is 347 Å². The van der Waals surface area contributed by atoms with Crippen molar-refractivity contribution in [2.24, 2.45) is 0 Å². The SMILES string of the molecule is C.CCCC[O-].COC=O.Cl.Cl.N.N.N.N.O.O.O.O.O.[K+]. The fraction of sp³-hybridized carbons (Fsp3) is 0.857. The minimum Gasteiger partial charge on any atom is -0.854 e. The quantitative estimate of drug-likeness (QED) is 0.254. The van der Waals surface area contributed by atoms with Gasteiger partial charge in [0.2, 0.25) is 0 Å². The van der Waals surface area contributed by atoms with E-state index >= 15 is 0 Å². The van der Waals surface area contributed by atoms with E-state index in [-0.39, 0.29) is 142 Å². The molecule has 0 amide bonds. The Morgan fingerprint density at radius 2 is 1.09 bits per heavy atom. The molecule has 12 nitrogen and oxygen atoms in total. The van der Waals surface area contributed by atoms with Crippen LogP contribution in [0.4, 0.5) is 0 Å². The number of methoxy groups -OCH3 is 1. The number of hydrogen-bond donors (Lipinski definition) is 4. The van der Waals surface area contributed by atoms with Gasteiger partial charge in [-0.25, -0.2) is 0 Å². The van der Waals surface area contributed by atoms with E-state index in [9.17, 15) is 5.11 Å². The molecule has 0 heterocycles. The zero-order valence-corrected chi connectivity index (χ0v) is 17.8. The molecule has 152 valence electrons. The Hall–Kier alpha value is 1.29. The van der Waals surface area contributed by atoms with E-state index in [0.717, 1.165) is 12.8 Å². The van der Waals surface area contributed by atoms with Gasteiger partial charge >= 0.3 is 51.4 Å². The summed E-state index contributed by atoms with van der Waals surface area (Å²) < 4.78 is 3.86. The fourth-order valence-corrected chi connectivity index (χ4v) is 0.144. The summed E-state index contributed by atoms with van der Waals surface area (Å²) >= 11 is 0. The maximum Gasteiger partial charge on any atom is 1.00 e. The van der Waals surface area contributed by atoms with Crippen LogP contribution in [0.15, 0.2) is 0 Å². The van der Waals surface area contributed by atoms with Gasteiger partial charge in [-0.2, -0.15) is 0 Å². The molecule has 0 atom stereocenters. The van der Waals surface area contributed by atoms with Crippen LogP contribution in [0.3, 0.4) is 0 Å². The summed E-state index contributed by atoms with van der Waals surface area (Å²) in [6, 6.07) is 0. The molecule has 22 N–H and O–H groups in total. The first-order chi connectivity index (χ1) is 4.33. The molecule has 0 aromatic rings. The Morgan fingerprint density at radius 1 is 0.909 bits per heavy atom. The molecule has 0 unspecified atom stereocenters. The van der Waals surface area contributed by atoms with Crippen LogP contribution < -0.4 is 81.1 Å². The van der Waals surface area contributed by atoms with Crippen molar-refractivity contribution < 1.29 is 93.4 Å². The number of carbonyl (C=O) groups is 1. The van der Waals surface area contributed by atoms with Gasteiger partial charge in [-0.05, 0) is 0 Å². The summed E-state index contributed by atoms with van der Waals surface area (Å²) in [5.74, 6) is 0. The summed E-state index contributed by atoms with van der Waals surface area (Å²) in [4.78, 5) is 8.95. The van der Waals surface area contributed by atoms with Gasteiger partial charge in [-0.1, -0.05) is 27.2 Å². The van der Waals surface area contributed by atoms with E-state index in [1.165, 1.54) is 7.11 Å². The molecule has 0 saturated heterocycles. The van der Waals surface area contributed by atoms with E-state index in [4.69, 9.17) is 4.79 Å². The van der Waals surface area contributed by atoms with Gasteiger partial charge in [0.1, 0.15) is 0 Å². The number of ether oxygens (including phenoxy) is 1. The third-order valence-corrected chi connectivity index (χ3v) is 0.594. The van der Waals surface area contributed by atoms with Crippen LogP contribution in [0.1, 0.15) is 27.2 Å². The van der Waals surface area contributed by atoms with Crippen molar-refractivity contribution in [1.29, 1.82) is 0 Å². The van der Waals surface area contributed by atoms with Crippen molar-refractivity contribution >= 4 is 31.3 Å². The molecule has 0 spiro atoms. The van der Waals surface area contributed by atoms with Crippen LogP contribution in [0.5, 0.6) is 0 Å². The smallest absolute Gasteiger partial charge is 0.854 e. The number of hydrogen-bond acceptors (Lipinski definition) is 7. The molecule has 0 bridgehead atoms. The zero-order valence-electron chi connectivity index (χ0n) is 13.1. The first kappa shape index (κ1) is 168. The Morgan fingerprint density at radius 3 is 1.09 bits per heavy atom. The van der Waals surface area contributed by atoms with E-state index in [1.807, 2.05) is 6.92 Å². The fourth-order valence-electron chi connectivity index (χ4n) is 0.144. The largest absolute Gasteiger partial charge is 1.00 e. The Labute approximate surface area is 188 Å². The first-order valence-corrected chi connectivity index (χ1v) is 2.88. The number of rotatable bonds is 3. The van der Waals surface area contributed by atoms with Crippen LogP contribution in [-0.2, 0) is 9.53 Å². The minimum atomic E-state index is 0. The maximum absolute atomic E-state index is 9.53. The van der Waals surface area contributed by atoms with Crippen LogP contribution in [0, 0.1) is 0 Å². The molecule has 0 aliphatic rings. The molecule has 0 rings (SSSR count). The molecular weight excluding hydrogens is 378 g/mol. The molecule has 0 radical (unpaired) electrons. The number of halogens is 2. The predicted molar refractivity (Wildman–Crippen MR) is 92.2 cm³/mol. The van der Waals surface area contributed by atoms with Crippen molar-refractivity contribution in [3.8, 4) is 0 Å². The zero-order chi connectivity index (χ0) is 7.54. The van der Waals surface area contributed by atoms with Gasteiger partial charge < -0.3 is 61.8 Å². The predicted octanol–water partition coefficient (Wildman–Crippen LogP) is -5.06. The molecular formula is C7H41Cl2KN4O8. The molecule has 0 fully saturated rings. The van der Waals surface area contributed by atoms with Crippen LogP contribution in [-0.4, -0.2) is 47.6 Å². The molecule has 0 aliphatic heterocycles. The van der Waals surface area contributed by atoms with Gasteiger partial charge in [0.15, 0.2) is 0 Å². The van der Waals surface area contributed by atoms with Crippen LogP contribution in [0.2, 0.25) is 0 Å². The van der Waals surface area contributed by atoms with E-state index in [2.05, 4.69) is 4.74 Å². The van der Waals surface area contributed by atoms with Gasteiger partial charge in [0, 0.05) is 0 Å². The molecule has 22 heavy (non-hydrogen) atoms. The summed E-state index contributed by atoms with van der Waals surface area (Å²) in [6.07, 6.45) is 1.86. The van der Waals surface area contributed by atoms with Crippen LogP contribution in [0.25, 0.3) is 0 Å². The van der Waals surface area contributed by atoms with E-state index < -0.39 is 0 Å². The molecule has 0 aromatic heterocycles. The third kappa shape index (κ3) is 477. The molecule has 0 aliphatic carbocycles. The molecule has 0 aromatic carbocycles. The van der Waals surface area contributed by atoms with Crippen molar-refractivity contribution in [2.45, 2.75) is 27.2 Å². The monoisotopic (exact) mass is 418 g/mol. The number of unbranched alkanes of at least 4 members (excludes halogenated alkanes) is 1. The van der Waals surface area contributed by atoms with Crippen molar-refractivity contribution in [3.05, 3.63) is 0 Å². The van der Waals surface area contributed by atoms with E-state index in [0.29, 0.717) is 6.47 Å². The Kier molecular flexibility index (Phi) is 1960. The van der Waals surface area contributed by atoms with Gasteiger partial charge in [0.05, 0.1) is 7.11 Å². The van der Waals surface area contributed by atoms with E-state index in [1.54, 1.807) is 0 Å². The maximum atomic E-state index is 9.53. The van der Waals surface area contributed by atoms with Crippen LogP contribution >= 0.6 is 24.8 Å². The summed E-state index contributed by atoms with van der Waals surface area (Å²) in [5, 5.41) is 9.53. The molecule has 15 heteroatoms. The molecule has 0 saturated carbocycles. The van der Waals surface area contributed by atoms with Gasteiger partial charge in [-0.15, -0.1) is 31.4 Å². The second kappa shape index (κ2) is 256. The minimum absolute atomic E-state index is 0. The summed E-state index contributed by atoms with van der Waals surface area (Å²) in [7, 11) is 1.31. The average Bonchev–Trinajstić information content (AvgIpc) is 1.91. The van der Waals surface area contributed by atoms with Gasteiger partial charge in [-0.3, -0.25) is 4.79 Å². The second-order valence-electron chi connectivity index (χ2n) is 1.39. The second-order valence-corrected chi connectivity index (χ2v) is 1.39. The summed E-state index contributed by atoms with van der Waals surface area (Å²) in [6.45, 7) is 2.48. The average molecular weight is 419 g/mol. The normalized spacial score (nSPS) is 2.86. The standard InChI is InChI=1S/C4H9O.C2H4O2.CH4.2ClH.K.4H3N.5H2O/c1-2-3-4-5;1-4-2-3;;;;;;;;;;;;;/h2-4H2,1H3;2H,1H3;1H4;2*1H;;4*1H3;5*1H2/q-1;;;;;+1;;;;;;;;;. The Bertz CT molecular complexity index is 79.8. The third-order valence-electron chi connectivity index (χ3n) is 0.594. The Balaban J connectivity index is -0.00000000216. The first-order valence-electron chi connectivity index (χ1n) is 2.88. The number of carbonyl (C=O) groups excluding carboxylic acids is 1. The summed E-state index contributed by atoms with van der Waals surface area (Å²) in [5.41, 5.74) is 0. The van der Waals surface area contributed by atoms with Crippen molar-refractivity contribution in [1.82, 2.24) is 24.6 Å². The van der Waals surface area contributed by atoms with Crippen molar-refractivity contribution in [2.75, 3.05) is 13.7 Å². The van der Waals surface area contributed by atoms with Gasteiger partial charge in [0.25, 0.3) is 6.47 Å².